The molecule has 0 fully saturated rings. The van der Waals surface area contributed by atoms with Crippen LogP contribution >= 0.6 is 11.8 Å². The third kappa shape index (κ3) is 3.40. The predicted octanol–water partition coefficient (Wildman–Crippen LogP) is 3.30. The highest BCUT2D eigenvalue weighted by Gasteiger charge is 2.30. The Morgan fingerprint density at radius 2 is 1.87 bits per heavy atom. The summed E-state index contributed by atoms with van der Waals surface area (Å²) >= 11 is 1.37. The number of hydrogen-bond acceptors (Lipinski definition) is 4. The van der Waals surface area contributed by atoms with Gasteiger partial charge in [-0.15, -0.1) is 0 Å². The lowest BCUT2D eigenvalue weighted by atomic mass is 10.1. The van der Waals surface area contributed by atoms with E-state index in [1.807, 2.05) is 56.3 Å². The van der Waals surface area contributed by atoms with Gasteiger partial charge >= 0.3 is 0 Å². The highest BCUT2D eigenvalue weighted by molar-refractivity contribution is 8.04. The molecule has 23 heavy (non-hydrogen) atoms. The maximum Gasteiger partial charge on any atom is 0.257 e. The molecule has 5 heteroatoms. The van der Waals surface area contributed by atoms with Crippen molar-refractivity contribution in [3.63, 3.8) is 0 Å². The minimum atomic E-state index is -0.307. The van der Waals surface area contributed by atoms with E-state index in [0.717, 1.165) is 16.5 Å². The van der Waals surface area contributed by atoms with Crippen LogP contribution in [-0.2, 0) is 9.59 Å². The van der Waals surface area contributed by atoms with E-state index >= 15 is 0 Å². The van der Waals surface area contributed by atoms with Crippen molar-refractivity contribution in [3.8, 4) is 0 Å². The first-order chi connectivity index (χ1) is 11.0. The van der Waals surface area contributed by atoms with E-state index in [1.54, 1.807) is 0 Å². The number of benzene rings is 2. The molecule has 0 aromatic heterocycles. The molecule has 1 heterocycles. The first kappa shape index (κ1) is 15.6. The molecule has 0 atom stereocenters. The molecule has 0 bridgehead atoms. The van der Waals surface area contributed by atoms with Gasteiger partial charge in [-0.05, 0) is 36.8 Å². The third-order valence-electron chi connectivity index (χ3n) is 3.51. The Hall–Kier alpha value is -2.27. The van der Waals surface area contributed by atoms with Gasteiger partial charge in [-0.1, -0.05) is 42.1 Å². The van der Waals surface area contributed by atoms with Gasteiger partial charge in [0, 0.05) is 11.7 Å². The van der Waals surface area contributed by atoms with Crippen molar-refractivity contribution >= 4 is 39.9 Å². The van der Waals surface area contributed by atoms with Crippen LogP contribution in [0.3, 0.4) is 0 Å². The number of thioether (sulfide) groups is 1. The fraction of sp³-hybridized carbons (Fsp3) is 0.222. The van der Waals surface area contributed by atoms with Gasteiger partial charge in [0.15, 0.2) is 5.78 Å². The predicted molar refractivity (Wildman–Crippen MR) is 95.3 cm³/mol. The monoisotopic (exact) mass is 326 g/mol. The Bertz CT molecular complexity index is 812. The van der Waals surface area contributed by atoms with E-state index in [0.29, 0.717) is 10.8 Å². The average Bonchev–Trinajstić information content (AvgIpc) is 2.87. The highest BCUT2D eigenvalue weighted by atomic mass is 32.2. The van der Waals surface area contributed by atoms with Crippen molar-refractivity contribution in [2.75, 3.05) is 11.1 Å². The summed E-state index contributed by atoms with van der Waals surface area (Å²) in [5.74, 6) is -0.133. The summed E-state index contributed by atoms with van der Waals surface area (Å²) in [6, 6.07) is 14.1. The van der Waals surface area contributed by atoms with Gasteiger partial charge in [0.25, 0.3) is 5.91 Å². The second kappa shape index (κ2) is 6.46. The number of carbonyl (C=O) groups is 2. The Labute approximate surface area is 139 Å². The van der Waals surface area contributed by atoms with Crippen LogP contribution in [0.5, 0.6) is 0 Å². The van der Waals surface area contributed by atoms with Gasteiger partial charge < -0.3 is 10.6 Å². The van der Waals surface area contributed by atoms with Crippen molar-refractivity contribution < 1.29 is 9.59 Å². The molecule has 1 aliphatic heterocycles. The van der Waals surface area contributed by atoms with Gasteiger partial charge in [-0.3, -0.25) is 9.59 Å². The lowest BCUT2D eigenvalue weighted by Crippen LogP contribution is -2.33. The van der Waals surface area contributed by atoms with Crippen molar-refractivity contribution in [1.82, 2.24) is 5.32 Å². The molecule has 0 unspecified atom stereocenters. The van der Waals surface area contributed by atoms with Crippen molar-refractivity contribution in [3.05, 3.63) is 53.1 Å². The summed E-state index contributed by atoms with van der Waals surface area (Å²) in [4.78, 5) is 24.3. The topological polar surface area (TPSA) is 58.2 Å². The zero-order valence-electron chi connectivity index (χ0n) is 13.1. The summed E-state index contributed by atoms with van der Waals surface area (Å²) in [6.45, 7) is 3.75. The Balaban J connectivity index is 1.90. The minimum absolute atomic E-state index is 0.00433. The maximum absolute atomic E-state index is 12.2. The Kier molecular flexibility index (Phi) is 4.39. The van der Waals surface area contributed by atoms with Crippen molar-refractivity contribution in [2.24, 2.45) is 0 Å². The van der Waals surface area contributed by atoms with E-state index in [2.05, 4.69) is 10.6 Å². The molecule has 0 aliphatic carbocycles. The molecule has 4 nitrogen and oxygen atoms in total. The maximum atomic E-state index is 12.2. The third-order valence-corrected chi connectivity index (χ3v) is 4.51. The van der Waals surface area contributed by atoms with Crippen LogP contribution in [0.2, 0.25) is 0 Å². The number of hydrogen-bond donors (Lipinski definition) is 2. The lowest BCUT2D eigenvalue weighted by Gasteiger charge is -2.12. The molecule has 2 aromatic rings. The summed E-state index contributed by atoms with van der Waals surface area (Å²) in [5.41, 5.74) is 1.10. The number of anilines is 1. The van der Waals surface area contributed by atoms with Crippen LogP contribution in [0.15, 0.2) is 53.1 Å². The fourth-order valence-electron chi connectivity index (χ4n) is 2.47. The quantitative estimate of drug-likeness (QED) is 0.847. The van der Waals surface area contributed by atoms with Gasteiger partial charge in [-0.25, -0.2) is 0 Å². The van der Waals surface area contributed by atoms with E-state index in [-0.39, 0.29) is 23.3 Å². The normalized spacial score (nSPS) is 14.7. The van der Waals surface area contributed by atoms with E-state index in [4.69, 9.17) is 0 Å². The number of nitrogens with one attached hydrogen (secondary N) is 2. The second-order valence-corrected chi connectivity index (χ2v) is 6.72. The second-order valence-electron chi connectivity index (χ2n) is 5.73. The number of amides is 1. The molecule has 3 rings (SSSR count). The van der Waals surface area contributed by atoms with E-state index in [1.165, 1.54) is 11.8 Å². The molecule has 0 saturated heterocycles. The van der Waals surface area contributed by atoms with Gasteiger partial charge in [0.1, 0.15) is 5.57 Å². The summed E-state index contributed by atoms with van der Waals surface area (Å²) < 4.78 is 0. The molecular formula is C18H18N2O2S. The van der Waals surface area contributed by atoms with Gasteiger partial charge in [0.2, 0.25) is 0 Å². The van der Waals surface area contributed by atoms with Crippen LogP contribution in [0, 0.1) is 0 Å². The van der Waals surface area contributed by atoms with Crippen molar-refractivity contribution in [2.45, 2.75) is 19.9 Å². The number of Topliss-reactive ketones (excluding diaryl/α,β-unsaturated/α-hetero) is 1. The molecule has 0 saturated carbocycles. The Morgan fingerprint density at radius 3 is 2.61 bits per heavy atom. The molecular weight excluding hydrogens is 308 g/mol. The van der Waals surface area contributed by atoms with E-state index < -0.39 is 0 Å². The average molecular weight is 326 g/mol. The van der Waals surface area contributed by atoms with Crippen LogP contribution in [0.25, 0.3) is 10.8 Å². The van der Waals surface area contributed by atoms with Crippen molar-refractivity contribution in [1.29, 1.82) is 0 Å². The zero-order chi connectivity index (χ0) is 16.4. The largest absolute Gasteiger partial charge is 0.350 e. The van der Waals surface area contributed by atoms with Gasteiger partial charge in [-0.2, -0.15) is 0 Å². The molecule has 2 aromatic carbocycles. The first-order valence-corrected chi connectivity index (χ1v) is 8.50. The molecule has 2 N–H and O–H groups in total. The molecule has 0 radical (unpaired) electrons. The highest BCUT2D eigenvalue weighted by Crippen LogP contribution is 2.31. The number of fused-ring (bicyclic) bond motifs is 1. The SMILES string of the molecule is CC(C)NC(=O)C1=C(Nc2ccc3ccccc3c2)SCC1=O. The first-order valence-electron chi connectivity index (χ1n) is 7.51. The molecule has 118 valence electrons. The minimum Gasteiger partial charge on any atom is -0.350 e. The van der Waals surface area contributed by atoms with Crippen LogP contribution in [0.1, 0.15) is 13.8 Å². The number of rotatable bonds is 4. The smallest absolute Gasteiger partial charge is 0.257 e. The van der Waals surface area contributed by atoms with Crippen LogP contribution in [-0.4, -0.2) is 23.5 Å². The summed E-state index contributed by atoms with van der Waals surface area (Å²) in [6.07, 6.45) is 0. The number of ketones is 1. The molecule has 1 amide bonds. The van der Waals surface area contributed by atoms with Crippen LogP contribution < -0.4 is 10.6 Å². The standard InChI is InChI=1S/C18H18N2O2S/c1-11(2)19-17(22)16-15(21)10-23-18(16)20-14-8-7-12-5-3-4-6-13(12)9-14/h3-9,11,20H,10H2,1-2H3,(H,19,22). The number of carbonyl (C=O) groups excluding carboxylic acids is 2. The van der Waals surface area contributed by atoms with Gasteiger partial charge in [0.05, 0.1) is 10.8 Å². The molecule has 1 aliphatic rings. The van der Waals surface area contributed by atoms with E-state index in [9.17, 15) is 9.59 Å². The Morgan fingerprint density at radius 1 is 1.13 bits per heavy atom. The zero-order valence-corrected chi connectivity index (χ0v) is 13.9. The fourth-order valence-corrected chi connectivity index (χ4v) is 3.43. The lowest BCUT2D eigenvalue weighted by molar-refractivity contribution is -0.121. The summed E-state index contributed by atoms with van der Waals surface area (Å²) in [7, 11) is 0. The molecule has 0 spiro atoms. The van der Waals surface area contributed by atoms with Crippen LogP contribution in [0.4, 0.5) is 5.69 Å². The summed E-state index contributed by atoms with van der Waals surface area (Å²) in [5, 5.41) is 8.91.